The van der Waals surface area contributed by atoms with E-state index in [1.54, 1.807) is 12.7 Å². The first-order valence-electron chi connectivity index (χ1n) is 25.3. The molecule has 0 bridgehead atoms. The summed E-state index contributed by atoms with van der Waals surface area (Å²) in [5, 5.41) is 9.94. The molecule has 1 aromatic heterocycles. The quantitative estimate of drug-likeness (QED) is 0.130. The van der Waals surface area contributed by atoms with Crippen molar-refractivity contribution in [2.45, 2.75) is 105 Å². The zero-order valence-electron chi connectivity index (χ0n) is 43.3. The zero-order chi connectivity index (χ0) is 49.5. The number of hydrogen-bond acceptors (Lipinski definition) is 5. The molecule has 0 fully saturated rings. The molecule has 5 nitrogen and oxygen atoms in total. The smallest absolute Gasteiger partial charge is 0.252 e. The van der Waals surface area contributed by atoms with Crippen molar-refractivity contribution in [1.82, 2.24) is 15.0 Å². The molecule has 10 aromatic rings. The van der Waals surface area contributed by atoms with E-state index in [4.69, 9.17) is 9.97 Å². The summed E-state index contributed by atoms with van der Waals surface area (Å²) in [4.78, 5) is 19.2. The Kier molecular flexibility index (Phi) is 9.86. The SMILES string of the molecule is CC(C)(C)c1cc(N2c3cc4ccc5ccccc5c4cc3B3c4cc5c(ccc6ccccc65)cc4N(c4cc(C(C)(C)C)cc(C(C)(C)C)c4)c4cc(-c5ncncn5)cc2c43)cc(C(C)(C)C)c1. The summed E-state index contributed by atoms with van der Waals surface area (Å²) < 4.78 is 0. The van der Waals surface area contributed by atoms with E-state index in [2.05, 4.69) is 243 Å². The molecule has 12 rings (SSSR count). The van der Waals surface area contributed by atoms with E-state index in [0.717, 1.165) is 28.3 Å². The Morgan fingerprint density at radius 2 is 0.746 bits per heavy atom. The summed E-state index contributed by atoms with van der Waals surface area (Å²) >= 11 is 0. The van der Waals surface area contributed by atoms with Crippen LogP contribution in [-0.4, -0.2) is 21.7 Å². The highest BCUT2D eigenvalue weighted by Crippen LogP contribution is 2.50. The molecule has 0 atom stereocenters. The van der Waals surface area contributed by atoms with Crippen LogP contribution < -0.4 is 26.2 Å². The first-order valence-corrected chi connectivity index (χ1v) is 25.3. The number of anilines is 6. The number of aromatic nitrogens is 3. The van der Waals surface area contributed by atoms with Gasteiger partial charge in [0.15, 0.2) is 5.82 Å². The standard InChI is InChI=1S/C65H62BN5/c1-62(2,3)44-29-45(63(4,5)6)32-48(31-44)70-56-25-41-23-21-39-17-13-15-19-50(39)52(41)35-54(56)66-55-36-53-42(24-22-40-18-14-16-20-51(40)53)26-57(55)71(49-33-46(64(7,8)9)30-47(34-49)65(10,11)12)59-28-43(27-58(70)60(59)66)61-68-37-67-38-69-61/h13-38H,1-12H3. The molecule has 0 amide bonds. The van der Waals surface area contributed by atoms with Gasteiger partial charge in [0.05, 0.1) is 0 Å². The molecule has 0 saturated carbocycles. The molecule has 0 unspecified atom stereocenters. The van der Waals surface area contributed by atoms with Crippen molar-refractivity contribution >= 4 is 100 Å². The molecule has 71 heavy (non-hydrogen) atoms. The van der Waals surface area contributed by atoms with Crippen LogP contribution in [0.2, 0.25) is 0 Å². The Labute approximate surface area is 419 Å². The largest absolute Gasteiger partial charge is 0.311 e. The Morgan fingerprint density at radius 1 is 0.366 bits per heavy atom. The topological polar surface area (TPSA) is 45.2 Å². The van der Waals surface area contributed by atoms with Crippen molar-refractivity contribution in [3.05, 3.63) is 181 Å². The van der Waals surface area contributed by atoms with E-state index in [-0.39, 0.29) is 28.4 Å². The average molecular weight is 924 g/mol. The minimum atomic E-state index is -0.127. The van der Waals surface area contributed by atoms with Gasteiger partial charge >= 0.3 is 0 Å². The molecule has 0 spiro atoms. The van der Waals surface area contributed by atoms with Gasteiger partial charge in [-0.05, 0) is 152 Å². The fourth-order valence-corrected chi connectivity index (χ4v) is 11.3. The summed E-state index contributed by atoms with van der Waals surface area (Å²) in [5.41, 5.74) is 16.5. The number of fused-ring (bicyclic) bond motifs is 10. The van der Waals surface area contributed by atoms with Crippen molar-refractivity contribution < 1.29 is 0 Å². The molecule has 0 saturated heterocycles. The van der Waals surface area contributed by atoms with E-state index in [9.17, 15) is 0 Å². The highest BCUT2D eigenvalue weighted by atomic mass is 15.2. The van der Waals surface area contributed by atoms with Crippen molar-refractivity contribution in [2.75, 3.05) is 9.80 Å². The third-order valence-corrected chi connectivity index (χ3v) is 15.4. The average Bonchev–Trinajstić information content (AvgIpc) is 3.34. The van der Waals surface area contributed by atoms with Crippen molar-refractivity contribution in [3.8, 4) is 11.4 Å². The van der Waals surface area contributed by atoms with Gasteiger partial charge in [-0.1, -0.05) is 180 Å². The van der Waals surface area contributed by atoms with Crippen LogP contribution in [0.5, 0.6) is 0 Å². The minimum absolute atomic E-state index is 0.103. The van der Waals surface area contributed by atoms with Gasteiger partial charge in [-0.3, -0.25) is 0 Å². The summed E-state index contributed by atoms with van der Waals surface area (Å²) in [6.07, 6.45) is 3.24. The number of hydrogen-bond donors (Lipinski definition) is 0. The molecule has 0 N–H and O–H groups in total. The van der Waals surface area contributed by atoms with E-state index in [1.807, 2.05) is 0 Å². The molecule has 2 aliphatic heterocycles. The number of rotatable bonds is 3. The van der Waals surface area contributed by atoms with Crippen LogP contribution in [0.1, 0.15) is 105 Å². The Balaban J connectivity index is 1.29. The number of nitrogens with zero attached hydrogens (tertiary/aromatic N) is 5. The van der Waals surface area contributed by atoms with Crippen LogP contribution in [0.3, 0.4) is 0 Å². The van der Waals surface area contributed by atoms with Crippen molar-refractivity contribution in [2.24, 2.45) is 0 Å². The summed E-state index contributed by atoms with van der Waals surface area (Å²) in [5.74, 6) is 0.639. The monoisotopic (exact) mass is 924 g/mol. The highest BCUT2D eigenvalue weighted by Gasteiger charge is 2.45. The van der Waals surface area contributed by atoms with Gasteiger partial charge in [-0.2, -0.15) is 0 Å². The van der Waals surface area contributed by atoms with E-state index >= 15 is 0 Å². The van der Waals surface area contributed by atoms with Gasteiger partial charge in [-0.15, -0.1) is 0 Å². The van der Waals surface area contributed by atoms with Crippen molar-refractivity contribution in [1.29, 1.82) is 0 Å². The van der Waals surface area contributed by atoms with Gasteiger partial charge in [0.25, 0.3) is 6.71 Å². The molecular formula is C65H62BN5. The third-order valence-electron chi connectivity index (χ3n) is 15.4. The summed E-state index contributed by atoms with van der Waals surface area (Å²) in [7, 11) is 0. The Hall–Kier alpha value is -7.31. The van der Waals surface area contributed by atoms with Gasteiger partial charge in [0.2, 0.25) is 0 Å². The predicted octanol–water partition coefficient (Wildman–Crippen LogP) is 15.4. The summed E-state index contributed by atoms with van der Waals surface area (Å²) in [6, 6.07) is 56.3. The number of benzene rings is 9. The minimum Gasteiger partial charge on any atom is -0.311 e. The van der Waals surface area contributed by atoms with Gasteiger partial charge in [0, 0.05) is 39.7 Å². The molecule has 9 aromatic carbocycles. The second-order valence-corrected chi connectivity index (χ2v) is 24.4. The second kappa shape index (κ2) is 15.6. The summed E-state index contributed by atoms with van der Waals surface area (Å²) in [6.45, 7) is 27.9. The Bertz CT molecular complexity index is 3530. The lowest BCUT2D eigenvalue weighted by atomic mass is 9.33. The molecule has 350 valence electrons. The van der Waals surface area contributed by atoms with Crippen LogP contribution in [0.4, 0.5) is 34.1 Å². The van der Waals surface area contributed by atoms with Crippen LogP contribution >= 0.6 is 0 Å². The zero-order valence-corrected chi connectivity index (χ0v) is 43.3. The molecule has 6 heteroatoms. The molecular weight excluding hydrogens is 862 g/mol. The first kappa shape index (κ1) is 44.9. The van der Waals surface area contributed by atoms with Crippen LogP contribution in [-0.2, 0) is 21.7 Å². The maximum Gasteiger partial charge on any atom is 0.252 e. The Morgan fingerprint density at radius 3 is 1.14 bits per heavy atom. The van der Waals surface area contributed by atoms with Gasteiger partial charge in [0.1, 0.15) is 12.7 Å². The van der Waals surface area contributed by atoms with Crippen LogP contribution in [0.25, 0.3) is 54.5 Å². The first-order chi connectivity index (χ1) is 33.7. The van der Waals surface area contributed by atoms with Gasteiger partial charge < -0.3 is 9.80 Å². The van der Waals surface area contributed by atoms with E-state index in [1.165, 1.54) is 93.1 Å². The van der Waals surface area contributed by atoms with Gasteiger partial charge in [-0.25, -0.2) is 15.0 Å². The van der Waals surface area contributed by atoms with Crippen molar-refractivity contribution in [3.63, 3.8) is 0 Å². The molecule has 3 heterocycles. The van der Waals surface area contributed by atoms with Crippen LogP contribution in [0.15, 0.2) is 158 Å². The van der Waals surface area contributed by atoms with E-state index in [0.29, 0.717) is 5.82 Å². The third kappa shape index (κ3) is 7.40. The predicted molar refractivity (Wildman–Crippen MR) is 304 cm³/mol. The normalized spacial score (nSPS) is 13.8. The molecule has 0 aliphatic carbocycles. The second-order valence-electron chi connectivity index (χ2n) is 24.4. The lowest BCUT2D eigenvalue weighted by Gasteiger charge is -2.45. The maximum absolute atomic E-state index is 4.86. The highest BCUT2D eigenvalue weighted by molar-refractivity contribution is 7.00. The van der Waals surface area contributed by atoms with Crippen LogP contribution in [0, 0.1) is 0 Å². The fraction of sp³-hybridized carbons (Fsp3) is 0.246. The maximum atomic E-state index is 4.86. The molecule has 0 radical (unpaired) electrons. The lowest BCUT2D eigenvalue weighted by molar-refractivity contribution is 0.568. The lowest BCUT2D eigenvalue weighted by Crippen LogP contribution is -2.61. The van der Waals surface area contributed by atoms with E-state index < -0.39 is 0 Å². The molecule has 2 aliphatic rings. The fourth-order valence-electron chi connectivity index (χ4n) is 11.3.